The molecule has 0 unspecified atom stereocenters. The first-order valence-corrected chi connectivity index (χ1v) is 6.54. The first-order chi connectivity index (χ1) is 9.10. The summed E-state index contributed by atoms with van der Waals surface area (Å²) in [5.74, 6) is -0.243. The van der Waals surface area contributed by atoms with Crippen molar-refractivity contribution in [1.29, 1.82) is 5.26 Å². The molecule has 0 spiro atoms. The molecule has 7 heteroatoms. The van der Waals surface area contributed by atoms with Gasteiger partial charge in [0, 0.05) is 18.6 Å². The molecule has 0 radical (unpaired) electrons. The number of benzene rings is 1. The summed E-state index contributed by atoms with van der Waals surface area (Å²) in [6.45, 7) is 0.284. The lowest BCUT2D eigenvalue weighted by molar-refractivity contribution is -0.117. The third kappa shape index (κ3) is 4.64. The van der Waals surface area contributed by atoms with Crippen molar-refractivity contribution in [3.05, 3.63) is 40.0 Å². The molecule has 0 heterocycles. The van der Waals surface area contributed by atoms with Crippen molar-refractivity contribution in [2.24, 2.45) is 0 Å². The van der Waals surface area contributed by atoms with E-state index in [9.17, 15) is 4.79 Å². The molecule has 0 aliphatic heterocycles. The summed E-state index contributed by atoms with van der Waals surface area (Å²) in [6, 6.07) is 6.75. The van der Waals surface area contributed by atoms with Gasteiger partial charge in [0.15, 0.2) is 0 Å². The highest BCUT2D eigenvalue weighted by atomic mass is 35.5. The fourth-order valence-corrected chi connectivity index (χ4v) is 1.79. The zero-order valence-corrected chi connectivity index (χ0v) is 12.0. The van der Waals surface area contributed by atoms with Crippen LogP contribution in [0.2, 0.25) is 10.0 Å². The third-order valence-electron chi connectivity index (χ3n) is 2.07. The number of hydrogen-bond acceptors (Lipinski definition) is 3. The Bertz CT molecular complexity index is 517. The van der Waals surface area contributed by atoms with Gasteiger partial charge in [-0.05, 0) is 12.1 Å². The number of carbonyl (C=O) groups excluding carboxylic acids is 1. The van der Waals surface area contributed by atoms with Crippen LogP contribution in [-0.4, -0.2) is 18.3 Å². The van der Waals surface area contributed by atoms with Crippen LogP contribution >= 0.6 is 34.8 Å². The molecule has 0 aliphatic rings. The second-order valence-electron chi connectivity index (χ2n) is 3.36. The number of rotatable bonds is 5. The molecule has 0 aliphatic carbocycles. The quantitative estimate of drug-likeness (QED) is 0.498. The minimum absolute atomic E-state index is 0.0962. The Morgan fingerprint density at radius 1 is 1.37 bits per heavy atom. The lowest BCUT2D eigenvalue weighted by Gasteiger charge is -2.07. The molecule has 19 heavy (non-hydrogen) atoms. The minimum atomic E-state index is -0.515. The Balaban J connectivity index is 2.84. The summed E-state index contributed by atoms with van der Waals surface area (Å²) in [4.78, 5) is 11.6. The summed E-state index contributed by atoms with van der Waals surface area (Å²) in [7, 11) is 0. The predicted octanol–water partition coefficient (Wildman–Crippen LogP) is 3.17. The molecule has 4 nitrogen and oxygen atoms in total. The van der Waals surface area contributed by atoms with Crippen LogP contribution in [0.1, 0.15) is 0 Å². The first kappa shape index (κ1) is 15.6. The number of nitrogens with one attached hydrogen (secondary N) is 2. The average molecular weight is 319 g/mol. The van der Waals surface area contributed by atoms with Crippen molar-refractivity contribution in [2.75, 3.05) is 17.7 Å². The molecule has 0 atom stereocenters. The molecule has 100 valence electrons. The van der Waals surface area contributed by atoms with Crippen molar-refractivity contribution in [3.63, 3.8) is 0 Å². The smallest absolute Gasteiger partial charge is 0.263 e. The first-order valence-electron chi connectivity index (χ1n) is 5.25. The molecule has 1 amide bonds. The Morgan fingerprint density at radius 2 is 2.00 bits per heavy atom. The summed E-state index contributed by atoms with van der Waals surface area (Å²) in [5, 5.41) is 14.9. The third-order valence-corrected chi connectivity index (χ3v) is 2.89. The topological polar surface area (TPSA) is 64.9 Å². The maximum absolute atomic E-state index is 11.6. The van der Waals surface area contributed by atoms with E-state index in [0.717, 1.165) is 0 Å². The lowest BCUT2D eigenvalue weighted by Crippen LogP contribution is -2.26. The number of halogens is 3. The number of para-hydroxylation sites is 1. The molecule has 0 bridgehead atoms. The van der Waals surface area contributed by atoms with Gasteiger partial charge in [-0.2, -0.15) is 5.26 Å². The largest absolute Gasteiger partial charge is 0.358 e. The van der Waals surface area contributed by atoms with Crippen molar-refractivity contribution in [2.45, 2.75) is 0 Å². The monoisotopic (exact) mass is 317 g/mol. The van der Waals surface area contributed by atoms with Crippen LogP contribution in [0.5, 0.6) is 0 Å². The molecule has 0 aromatic heterocycles. The normalized spacial score (nSPS) is 10.7. The second kappa shape index (κ2) is 7.90. The van der Waals surface area contributed by atoms with E-state index in [1.165, 1.54) is 6.20 Å². The number of alkyl halides is 1. The van der Waals surface area contributed by atoms with Gasteiger partial charge in [-0.25, -0.2) is 0 Å². The van der Waals surface area contributed by atoms with Gasteiger partial charge in [-0.3, -0.25) is 4.79 Å². The number of hydrogen-bond donors (Lipinski definition) is 2. The number of amides is 1. The summed E-state index contributed by atoms with van der Waals surface area (Å²) in [6.07, 6.45) is 1.25. The van der Waals surface area contributed by atoms with E-state index in [0.29, 0.717) is 15.7 Å². The highest BCUT2D eigenvalue weighted by molar-refractivity contribution is 6.39. The van der Waals surface area contributed by atoms with E-state index in [1.807, 2.05) is 0 Å². The van der Waals surface area contributed by atoms with Gasteiger partial charge >= 0.3 is 0 Å². The van der Waals surface area contributed by atoms with E-state index in [4.69, 9.17) is 40.1 Å². The summed E-state index contributed by atoms with van der Waals surface area (Å²) in [5.41, 5.74) is 0.338. The van der Waals surface area contributed by atoms with Crippen LogP contribution < -0.4 is 10.6 Å². The van der Waals surface area contributed by atoms with Crippen LogP contribution in [0, 0.1) is 11.3 Å². The fourth-order valence-electron chi connectivity index (χ4n) is 1.18. The second-order valence-corrected chi connectivity index (χ2v) is 4.55. The number of carbonyl (C=O) groups is 1. The molecular weight excluding hydrogens is 309 g/mol. The molecule has 1 aromatic rings. The van der Waals surface area contributed by atoms with Gasteiger partial charge in [-0.1, -0.05) is 29.3 Å². The lowest BCUT2D eigenvalue weighted by atomic mass is 10.2. The Hall–Kier alpha value is -1.41. The molecule has 0 fully saturated rings. The summed E-state index contributed by atoms with van der Waals surface area (Å²) >= 11 is 17.3. The number of nitriles is 1. The van der Waals surface area contributed by atoms with Crippen molar-refractivity contribution in [3.8, 4) is 6.07 Å². The molecule has 1 aromatic carbocycles. The van der Waals surface area contributed by atoms with E-state index in [-0.39, 0.29) is 18.0 Å². The van der Waals surface area contributed by atoms with Gasteiger partial charge in [0.05, 0.1) is 15.7 Å². The molecule has 0 saturated heterocycles. The van der Waals surface area contributed by atoms with Gasteiger partial charge in [0.2, 0.25) is 0 Å². The van der Waals surface area contributed by atoms with Crippen molar-refractivity contribution >= 4 is 46.4 Å². The number of nitrogens with zero attached hydrogens (tertiary/aromatic N) is 1. The molecular formula is C12H10Cl3N3O. The zero-order valence-electron chi connectivity index (χ0n) is 9.71. The molecule has 0 saturated carbocycles. The van der Waals surface area contributed by atoms with Gasteiger partial charge in [0.1, 0.15) is 11.6 Å². The Morgan fingerprint density at radius 3 is 2.53 bits per heavy atom. The van der Waals surface area contributed by atoms with Crippen LogP contribution in [-0.2, 0) is 4.79 Å². The van der Waals surface area contributed by atoms with Crippen molar-refractivity contribution < 1.29 is 4.79 Å². The Labute approximate surface area is 125 Å². The van der Waals surface area contributed by atoms with Crippen LogP contribution in [0.4, 0.5) is 5.69 Å². The SMILES string of the molecule is N#C/C(=C/Nc1c(Cl)cccc1Cl)C(=O)NCCCl. The van der Waals surface area contributed by atoms with E-state index in [1.54, 1.807) is 24.3 Å². The highest BCUT2D eigenvalue weighted by Crippen LogP contribution is 2.29. The maximum atomic E-state index is 11.6. The standard InChI is InChI=1S/C12H10Cl3N3O/c13-4-5-17-12(19)8(6-16)7-18-11-9(14)2-1-3-10(11)15/h1-3,7,18H,4-5H2,(H,17,19)/b8-7-. The van der Waals surface area contributed by atoms with E-state index < -0.39 is 5.91 Å². The molecule has 2 N–H and O–H groups in total. The fraction of sp³-hybridized carbons (Fsp3) is 0.167. The van der Waals surface area contributed by atoms with E-state index in [2.05, 4.69) is 10.6 Å². The van der Waals surface area contributed by atoms with Gasteiger partial charge < -0.3 is 10.6 Å². The maximum Gasteiger partial charge on any atom is 0.263 e. The highest BCUT2D eigenvalue weighted by Gasteiger charge is 2.09. The van der Waals surface area contributed by atoms with E-state index >= 15 is 0 Å². The van der Waals surface area contributed by atoms with Crippen molar-refractivity contribution in [1.82, 2.24) is 5.32 Å². The van der Waals surface area contributed by atoms with Crippen LogP contribution in [0.25, 0.3) is 0 Å². The zero-order chi connectivity index (χ0) is 14.3. The van der Waals surface area contributed by atoms with Gasteiger partial charge in [-0.15, -0.1) is 11.6 Å². The Kier molecular flexibility index (Phi) is 6.51. The number of anilines is 1. The average Bonchev–Trinajstić information content (AvgIpc) is 2.39. The minimum Gasteiger partial charge on any atom is -0.358 e. The molecule has 1 rings (SSSR count). The van der Waals surface area contributed by atoms with Crippen LogP contribution in [0.15, 0.2) is 30.0 Å². The van der Waals surface area contributed by atoms with Gasteiger partial charge in [0.25, 0.3) is 5.91 Å². The van der Waals surface area contributed by atoms with Crippen LogP contribution in [0.3, 0.4) is 0 Å². The predicted molar refractivity (Wildman–Crippen MR) is 77.5 cm³/mol. The summed E-state index contributed by atoms with van der Waals surface area (Å²) < 4.78 is 0.